The molecule has 0 fully saturated rings. The van der Waals surface area contributed by atoms with Gasteiger partial charge in [0, 0.05) is 6.54 Å². The Morgan fingerprint density at radius 3 is 2.75 bits per heavy atom. The molecule has 3 rings (SSSR count). The van der Waals surface area contributed by atoms with Gasteiger partial charge in [0.15, 0.2) is 0 Å². The first-order valence-corrected chi connectivity index (χ1v) is 7.42. The molecule has 1 N–H and O–H groups in total. The Balaban J connectivity index is 1.96. The molecule has 1 aromatic heterocycles. The van der Waals surface area contributed by atoms with Crippen molar-refractivity contribution in [2.45, 2.75) is 0 Å². The first-order chi connectivity index (χ1) is 9.88. The van der Waals surface area contributed by atoms with E-state index in [4.69, 9.17) is 9.72 Å². The van der Waals surface area contributed by atoms with Gasteiger partial charge in [0.05, 0.1) is 15.8 Å². The Morgan fingerprint density at radius 1 is 1.10 bits per heavy atom. The molecule has 0 saturated carbocycles. The van der Waals surface area contributed by atoms with Gasteiger partial charge in [-0.1, -0.05) is 24.3 Å². The van der Waals surface area contributed by atoms with E-state index in [9.17, 15) is 0 Å². The summed E-state index contributed by atoms with van der Waals surface area (Å²) in [6.07, 6.45) is 0. The third-order valence-corrected chi connectivity index (χ3v) is 4.09. The van der Waals surface area contributed by atoms with E-state index in [1.54, 1.807) is 11.3 Å². The van der Waals surface area contributed by atoms with E-state index in [1.165, 1.54) is 4.70 Å². The van der Waals surface area contributed by atoms with E-state index in [1.807, 2.05) is 43.4 Å². The van der Waals surface area contributed by atoms with Crippen LogP contribution < -0.4 is 10.1 Å². The Morgan fingerprint density at radius 2 is 1.90 bits per heavy atom. The van der Waals surface area contributed by atoms with Crippen LogP contribution in [0.3, 0.4) is 0 Å². The summed E-state index contributed by atoms with van der Waals surface area (Å²) in [5.41, 5.74) is 2.10. The van der Waals surface area contributed by atoms with Crippen LogP contribution in [0.1, 0.15) is 0 Å². The maximum absolute atomic E-state index is 5.83. The number of para-hydroxylation sites is 2. The predicted molar refractivity (Wildman–Crippen MR) is 84.5 cm³/mol. The van der Waals surface area contributed by atoms with E-state index >= 15 is 0 Å². The fraction of sp³-hybridized carbons (Fsp3) is 0.188. The molecule has 0 aliphatic rings. The van der Waals surface area contributed by atoms with Crippen LogP contribution in [0.25, 0.3) is 20.8 Å². The molecule has 0 aliphatic heterocycles. The van der Waals surface area contributed by atoms with Crippen molar-refractivity contribution in [1.82, 2.24) is 10.3 Å². The average Bonchev–Trinajstić information content (AvgIpc) is 2.92. The Labute approximate surface area is 122 Å². The van der Waals surface area contributed by atoms with Crippen LogP contribution in [0.15, 0.2) is 48.5 Å². The quantitative estimate of drug-likeness (QED) is 0.727. The second-order valence-electron chi connectivity index (χ2n) is 4.43. The summed E-state index contributed by atoms with van der Waals surface area (Å²) in [5.74, 6) is 0.891. The highest BCUT2D eigenvalue weighted by Crippen LogP contribution is 2.35. The first-order valence-electron chi connectivity index (χ1n) is 6.61. The van der Waals surface area contributed by atoms with E-state index < -0.39 is 0 Å². The molecule has 0 saturated heterocycles. The number of nitrogens with one attached hydrogen (secondary N) is 1. The monoisotopic (exact) mass is 284 g/mol. The van der Waals surface area contributed by atoms with Gasteiger partial charge in [0.2, 0.25) is 0 Å². The van der Waals surface area contributed by atoms with Gasteiger partial charge in [-0.15, -0.1) is 11.3 Å². The average molecular weight is 284 g/mol. The SMILES string of the molecule is CNCCOc1ccccc1-c1nc2ccccc2s1. The highest BCUT2D eigenvalue weighted by atomic mass is 32.1. The van der Waals surface area contributed by atoms with E-state index in [0.29, 0.717) is 6.61 Å². The zero-order chi connectivity index (χ0) is 13.8. The fourth-order valence-corrected chi connectivity index (χ4v) is 3.02. The van der Waals surface area contributed by atoms with Gasteiger partial charge in [0.1, 0.15) is 17.4 Å². The summed E-state index contributed by atoms with van der Waals surface area (Å²) in [6.45, 7) is 1.48. The molecule has 0 radical (unpaired) electrons. The lowest BCUT2D eigenvalue weighted by atomic mass is 10.2. The molecule has 0 amide bonds. The number of nitrogens with zero attached hydrogens (tertiary/aromatic N) is 1. The highest BCUT2D eigenvalue weighted by molar-refractivity contribution is 7.21. The van der Waals surface area contributed by atoms with Crippen LogP contribution >= 0.6 is 11.3 Å². The van der Waals surface area contributed by atoms with Gasteiger partial charge >= 0.3 is 0 Å². The number of hydrogen-bond donors (Lipinski definition) is 1. The van der Waals surface area contributed by atoms with Crippen molar-refractivity contribution in [2.75, 3.05) is 20.2 Å². The normalized spacial score (nSPS) is 10.8. The van der Waals surface area contributed by atoms with E-state index in [2.05, 4.69) is 17.4 Å². The maximum atomic E-state index is 5.83. The number of fused-ring (bicyclic) bond motifs is 1. The summed E-state index contributed by atoms with van der Waals surface area (Å²) in [6, 6.07) is 16.3. The molecule has 0 atom stereocenters. The van der Waals surface area contributed by atoms with Crippen molar-refractivity contribution >= 4 is 21.6 Å². The van der Waals surface area contributed by atoms with Gasteiger partial charge in [-0.2, -0.15) is 0 Å². The first kappa shape index (κ1) is 13.1. The van der Waals surface area contributed by atoms with Gasteiger partial charge in [-0.3, -0.25) is 0 Å². The fourth-order valence-electron chi connectivity index (χ4n) is 2.02. The number of rotatable bonds is 5. The largest absolute Gasteiger partial charge is 0.492 e. The van der Waals surface area contributed by atoms with Crippen LogP contribution in [0.4, 0.5) is 0 Å². The highest BCUT2D eigenvalue weighted by Gasteiger charge is 2.10. The second kappa shape index (κ2) is 6.03. The smallest absolute Gasteiger partial charge is 0.129 e. The van der Waals surface area contributed by atoms with Crippen LogP contribution in [-0.4, -0.2) is 25.2 Å². The summed E-state index contributed by atoms with van der Waals surface area (Å²) in [4.78, 5) is 4.69. The summed E-state index contributed by atoms with van der Waals surface area (Å²) in [7, 11) is 1.92. The summed E-state index contributed by atoms with van der Waals surface area (Å²) in [5, 5.41) is 4.09. The number of benzene rings is 2. The summed E-state index contributed by atoms with van der Waals surface area (Å²) >= 11 is 1.70. The molecule has 0 bridgehead atoms. The lowest BCUT2D eigenvalue weighted by Crippen LogP contribution is -2.16. The van der Waals surface area contributed by atoms with Crippen molar-refractivity contribution in [3.63, 3.8) is 0 Å². The third-order valence-electron chi connectivity index (χ3n) is 3.02. The zero-order valence-corrected chi connectivity index (χ0v) is 12.1. The minimum absolute atomic E-state index is 0.651. The van der Waals surface area contributed by atoms with Gasteiger partial charge in [-0.25, -0.2) is 4.98 Å². The lowest BCUT2D eigenvalue weighted by molar-refractivity contribution is 0.319. The zero-order valence-electron chi connectivity index (χ0n) is 11.3. The number of ether oxygens (including phenoxy) is 1. The number of hydrogen-bond acceptors (Lipinski definition) is 4. The van der Waals surface area contributed by atoms with Crippen LogP contribution in [-0.2, 0) is 0 Å². The topological polar surface area (TPSA) is 34.1 Å². The van der Waals surface area contributed by atoms with Crippen molar-refractivity contribution in [1.29, 1.82) is 0 Å². The predicted octanol–water partition coefficient (Wildman–Crippen LogP) is 3.56. The van der Waals surface area contributed by atoms with Gasteiger partial charge in [-0.05, 0) is 31.3 Å². The Kier molecular flexibility index (Phi) is 3.95. The van der Waals surface area contributed by atoms with Crippen molar-refractivity contribution in [3.05, 3.63) is 48.5 Å². The molecule has 0 spiro atoms. The van der Waals surface area contributed by atoms with E-state index in [-0.39, 0.29) is 0 Å². The van der Waals surface area contributed by atoms with Crippen LogP contribution in [0.5, 0.6) is 5.75 Å². The number of aromatic nitrogens is 1. The Hall–Kier alpha value is -1.91. The van der Waals surface area contributed by atoms with Crippen LogP contribution in [0, 0.1) is 0 Å². The van der Waals surface area contributed by atoms with Crippen molar-refractivity contribution in [3.8, 4) is 16.3 Å². The van der Waals surface area contributed by atoms with Crippen LogP contribution in [0.2, 0.25) is 0 Å². The molecule has 3 aromatic rings. The van der Waals surface area contributed by atoms with Gasteiger partial charge in [0.25, 0.3) is 0 Å². The molecule has 1 heterocycles. The minimum atomic E-state index is 0.651. The minimum Gasteiger partial charge on any atom is -0.492 e. The van der Waals surface area contributed by atoms with E-state index in [0.717, 1.165) is 28.4 Å². The standard InChI is InChI=1S/C16H16N2OS/c1-17-10-11-19-14-8-4-2-6-12(14)16-18-13-7-3-5-9-15(13)20-16/h2-9,17H,10-11H2,1H3. The molecule has 20 heavy (non-hydrogen) atoms. The lowest BCUT2D eigenvalue weighted by Gasteiger charge is -2.09. The van der Waals surface area contributed by atoms with Gasteiger partial charge < -0.3 is 10.1 Å². The molecule has 0 aliphatic carbocycles. The van der Waals surface area contributed by atoms with Crippen molar-refractivity contribution < 1.29 is 4.74 Å². The third kappa shape index (κ3) is 2.66. The molecule has 0 unspecified atom stereocenters. The second-order valence-corrected chi connectivity index (χ2v) is 5.47. The number of likely N-dealkylation sites (N-methyl/N-ethyl adjacent to an activating group) is 1. The molecule has 102 valence electrons. The summed E-state index contributed by atoms with van der Waals surface area (Å²) < 4.78 is 7.03. The Bertz CT molecular complexity index is 675. The molecular formula is C16H16N2OS. The maximum Gasteiger partial charge on any atom is 0.129 e. The molecular weight excluding hydrogens is 268 g/mol. The van der Waals surface area contributed by atoms with Crippen molar-refractivity contribution in [2.24, 2.45) is 0 Å². The molecule has 2 aromatic carbocycles. The number of thiazole rings is 1. The molecule has 3 nitrogen and oxygen atoms in total. The molecule has 4 heteroatoms.